The van der Waals surface area contributed by atoms with Crippen LogP contribution < -0.4 is 5.32 Å². The van der Waals surface area contributed by atoms with Crippen molar-refractivity contribution in [2.75, 3.05) is 19.9 Å². The third-order valence-corrected chi connectivity index (χ3v) is 2.89. The summed E-state index contributed by atoms with van der Waals surface area (Å²) in [6.45, 7) is 10.3. The van der Waals surface area contributed by atoms with Crippen LogP contribution in [0.1, 0.15) is 34.1 Å². The van der Waals surface area contributed by atoms with Crippen molar-refractivity contribution in [2.24, 2.45) is 5.92 Å². The molecule has 0 bridgehead atoms. The van der Waals surface area contributed by atoms with Gasteiger partial charge in [0, 0.05) is 6.61 Å². The first-order valence-electron chi connectivity index (χ1n) is 6.17. The van der Waals surface area contributed by atoms with Gasteiger partial charge in [0.15, 0.2) is 0 Å². The van der Waals surface area contributed by atoms with Crippen LogP contribution >= 0.6 is 0 Å². The zero-order valence-electron chi connectivity index (χ0n) is 10.8. The number of amides is 1. The molecule has 1 rings (SSSR count). The summed E-state index contributed by atoms with van der Waals surface area (Å²) in [5, 5.41) is 3.27. The van der Waals surface area contributed by atoms with Gasteiger partial charge in [0.05, 0.1) is 25.4 Å². The molecule has 1 heterocycles. The van der Waals surface area contributed by atoms with Crippen LogP contribution in [0.2, 0.25) is 0 Å². The van der Waals surface area contributed by atoms with Crippen molar-refractivity contribution < 1.29 is 9.53 Å². The standard InChI is InChI=1S/C12H24N2O2/c1-5-16-7-10(4)14-8-13-11(12(14)15)6-9(2)3/h9-11,13H,5-8H2,1-4H3. The van der Waals surface area contributed by atoms with E-state index < -0.39 is 0 Å². The summed E-state index contributed by atoms with van der Waals surface area (Å²) in [6.07, 6.45) is 0.913. The van der Waals surface area contributed by atoms with Gasteiger partial charge in [0.1, 0.15) is 0 Å². The molecule has 1 N–H and O–H groups in total. The second kappa shape index (κ2) is 6.21. The zero-order valence-corrected chi connectivity index (χ0v) is 10.8. The average molecular weight is 228 g/mol. The number of carbonyl (C=O) groups is 1. The van der Waals surface area contributed by atoms with Gasteiger partial charge in [-0.2, -0.15) is 0 Å². The Hall–Kier alpha value is -0.610. The monoisotopic (exact) mass is 228 g/mol. The molecule has 0 radical (unpaired) electrons. The molecule has 4 heteroatoms. The quantitative estimate of drug-likeness (QED) is 0.743. The molecule has 1 saturated heterocycles. The predicted molar refractivity (Wildman–Crippen MR) is 64.0 cm³/mol. The molecule has 1 fully saturated rings. The molecular formula is C12H24N2O2. The van der Waals surface area contributed by atoms with Crippen LogP contribution in [0.5, 0.6) is 0 Å². The maximum atomic E-state index is 12.1. The molecule has 4 nitrogen and oxygen atoms in total. The van der Waals surface area contributed by atoms with Gasteiger partial charge in [-0.1, -0.05) is 13.8 Å². The van der Waals surface area contributed by atoms with E-state index in [0.29, 0.717) is 25.8 Å². The minimum atomic E-state index is 0.00377. The number of carbonyl (C=O) groups excluding carboxylic acids is 1. The Morgan fingerprint density at radius 3 is 2.75 bits per heavy atom. The molecule has 2 unspecified atom stereocenters. The normalized spacial score (nSPS) is 23.2. The van der Waals surface area contributed by atoms with Gasteiger partial charge < -0.3 is 9.64 Å². The Kier molecular flexibility index (Phi) is 5.22. The second-order valence-corrected chi connectivity index (χ2v) is 4.86. The van der Waals surface area contributed by atoms with Crippen LogP contribution in [-0.2, 0) is 9.53 Å². The largest absolute Gasteiger partial charge is 0.380 e. The fourth-order valence-corrected chi connectivity index (χ4v) is 1.98. The van der Waals surface area contributed by atoms with Crippen molar-refractivity contribution in [3.05, 3.63) is 0 Å². The smallest absolute Gasteiger partial charge is 0.241 e. The highest BCUT2D eigenvalue weighted by atomic mass is 16.5. The lowest BCUT2D eigenvalue weighted by Crippen LogP contribution is -2.39. The molecule has 0 aliphatic carbocycles. The molecular weight excluding hydrogens is 204 g/mol. The van der Waals surface area contributed by atoms with Gasteiger partial charge in [-0.25, -0.2) is 0 Å². The zero-order chi connectivity index (χ0) is 12.1. The van der Waals surface area contributed by atoms with Crippen molar-refractivity contribution in [3.8, 4) is 0 Å². The Labute approximate surface area is 98.3 Å². The van der Waals surface area contributed by atoms with E-state index in [1.807, 2.05) is 18.7 Å². The average Bonchev–Trinajstić information content (AvgIpc) is 2.56. The van der Waals surface area contributed by atoms with Gasteiger partial charge in [-0.05, 0) is 26.2 Å². The van der Waals surface area contributed by atoms with Gasteiger partial charge in [-0.15, -0.1) is 0 Å². The van der Waals surface area contributed by atoms with E-state index in [9.17, 15) is 4.79 Å². The Morgan fingerprint density at radius 2 is 2.19 bits per heavy atom. The van der Waals surface area contributed by atoms with Crippen molar-refractivity contribution >= 4 is 5.91 Å². The molecule has 1 aliphatic heterocycles. The number of hydrogen-bond donors (Lipinski definition) is 1. The summed E-state index contributed by atoms with van der Waals surface area (Å²) in [5.41, 5.74) is 0. The van der Waals surface area contributed by atoms with Gasteiger partial charge >= 0.3 is 0 Å². The van der Waals surface area contributed by atoms with Gasteiger partial charge in [-0.3, -0.25) is 10.1 Å². The molecule has 1 aliphatic rings. The number of ether oxygens (including phenoxy) is 1. The Balaban J connectivity index is 2.43. The predicted octanol–water partition coefficient (Wildman–Crippen LogP) is 1.22. The van der Waals surface area contributed by atoms with Gasteiger partial charge in [0.2, 0.25) is 5.91 Å². The van der Waals surface area contributed by atoms with Crippen LogP contribution in [0.3, 0.4) is 0 Å². The highest BCUT2D eigenvalue weighted by Crippen LogP contribution is 2.14. The van der Waals surface area contributed by atoms with Crippen LogP contribution in [0.4, 0.5) is 0 Å². The Morgan fingerprint density at radius 1 is 1.50 bits per heavy atom. The third kappa shape index (κ3) is 3.46. The molecule has 16 heavy (non-hydrogen) atoms. The summed E-state index contributed by atoms with van der Waals surface area (Å²) in [6, 6.07) is 0.168. The fourth-order valence-electron chi connectivity index (χ4n) is 1.98. The second-order valence-electron chi connectivity index (χ2n) is 4.86. The lowest BCUT2D eigenvalue weighted by molar-refractivity contribution is -0.131. The number of hydrogen-bond acceptors (Lipinski definition) is 3. The van der Waals surface area contributed by atoms with Crippen LogP contribution in [0.25, 0.3) is 0 Å². The van der Waals surface area contributed by atoms with E-state index in [1.54, 1.807) is 0 Å². The van der Waals surface area contributed by atoms with Gasteiger partial charge in [0.25, 0.3) is 0 Å². The lowest BCUT2D eigenvalue weighted by Gasteiger charge is -2.23. The molecule has 0 aromatic heterocycles. The van der Waals surface area contributed by atoms with Crippen molar-refractivity contribution in [2.45, 2.75) is 46.2 Å². The van der Waals surface area contributed by atoms with Crippen LogP contribution in [-0.4, -0.2) is 42.8 Å². The van der Waals surface area contributed by atoms with E-state index in [1.165, 1.54) is 0 Å². The van der Waals surface area contributed by atoms with Crippen LogP contribution in [0, 0.1) is 5.92 Å². The summed E-state index contributed by atoms with van der Waals surface area (Å²) in [5.74, 6) is 0.768. The summed E-state index contributed by atoms with van der Waals surface area (Å²) in [4.78, 5) is 13.9. The SMILES string of the molecule is CCOCC(C)N1CNC(CC(C)C)C1=O. The molecule has 0 spiro atoms. The highest BCUT2D eigenvalue weighted by Gasteiger charge is 2.33. The number of nitrogens with one attached hydrogen (secondary N) is 1. The maximum absolute atomic E-state index is 12.1. The number of rotatable bonds is 6. The first-order valence-corrected chi connectivity index (χ1v) is 6.17. The topological polar surface area (TPSA) is 41.6 Å². The summed E-state index contributed by atoms with van der Waals surface area (Å²) < 4.78 is 5.35. The highest BCUT2D eigenvalue weighted by molar-refractivity contribution is 5.84. The van der Waals surface area contributed by atoms with E-state index in [4.69, 9.17) is 4.74 Å². The fraction of sp³-hybridized carbons (Fsp3) is 0.917. The Bertz CT molecular complexity index is 231. The lowest BCUT2D eigenvalue weighted by atomic mass is 10.0. The summed E-state index contributed by atoms with van der Waals surface area (Å²) >= 11 is 0. The first kappa shape index (κ1) is 13.5. The number of nitrogens with zero attached hydrogens (tertiary/aromatic N) is 1. The molecule has 2 atom stereocenters. The van der Waals surface area contributed by atoms with Crippen molar-refractivity contribution in [1.82, 2.24) is 10.2 Å². The van der Waals surface area contributed by atoms with Crippen LogP contribution in [0.15, 0.2) is 0 Å². The molecule has 0 aromatic carbocycles. The maximum Gasteiger partial charge on any atom is 0.241 e. The van der Waals surface area contributed by atoms with E-state index in [0.717, 1.165) is 6.42 Å². The molecule has 0 saturated carbocycles. The van der Waals surface area contributed by atoms with E-state index in [-0.39, 0.29) is 18.0 Å². The minimum Gasteiger partial charge on any atom is -0.380 e. The summed E-state index contributed by atoms with van der Waals surface area (Å²) in [7, 11) is 0. The van der Waals surface area contributed by atoms with E-state index in [2.05, 4.69) is 19.2 Å². The first-order chi connectivity index (χ1) is 7.56. The van der Waals surface area contributed by atoms with Crippen molar-refractivity contribution in [1.29, 1.82) is 0 Å². The minimum absolute atomic E-state index is 0.00377. The molecule has 94 valence electrons. The van der Waals surface area contributed by atoms with E-state index >= 15 is 0 Å². The molecule has 0 aromatic rings. The molecule has 1 amide bonds. The van der Waals surface area contributed by atoms with Crippen molar-refractivity contribution in [3.63, 3.8) is 0 Å². The third-order valence-electron chi connectivity index (χ3n) is 2.89.